The molecule has 0 saturated heterocycles. The number of carboxylic acids is 1. The first-order valence-corrected chi connectivity index (χ1v) is 4.85. The first kappa shape index (κ1) is 12.2. The third kappa shape index (κ3) is 2.21. The molecule has 0 atom stereocenters. The summed E-state index contributed by atoms with van der Waals surface area (Å²) >= 11 is 0. The van der Waals surface area contributed by atoms with Gasteiger partial charge in [0.15, 0.2) is 5.54 Å². The van der Waals surface area contributed by atoms with Crippen molar-refractivity contribution < 1.29 is 19.4 Å². The molecular formula is C10H14N2O4. The molecule has 0 saturated carbocycles. The molecule has 0 fully saturated rings. The summed E-state index contributed by atoms with van der Waals surface area (Å²) in [6, 6.07) is 0. The van der Waals surface area contributed by atoms with E-state index in [0.29, 0.717) is 0 Å². The molecule has 16 heavy (non-hydrogen) atoms. The summed E-state index contributed by atoms with van der Waals surface area (Å²) in [6.45, 7) is 5.21. The largest absolute Gasteiger partial charge is 0.478 e. The molecule has 6 heteroatoms. The molecule has 1 N–H and O–H groups in total. The van der Waals surface area contributed by atoms with Crippen LogP contribution in [-0.4, -0.2) is 33.4 Å². The lowest BCUT2D eigenvalue weighted by atomic mass is 10.1. The van der Waals surface area contributed by atoms with E-state index in [0.717, 1.165) is 0 Å². The lowest BCUT2D eigenvalue weighted by molar-refractivity contribution is -0.152. The van der Waals surface area contributed by atoms with E-state index in [2.05, 4.69) is 5.10 Å². The lowest BCUT2D eigenvalue weighted by Crippen LogP contribution is -2.37. The lowest BCUT2D eigenvalue weighted by Gasteiger charge is -2.22. The van der Waals surface area contributed by atoms with Crippen molar-refractivity contribution in [1.82, 2.24) is 9.78 Å². The van der Waals surface area contributed by atoms with Crippen LogP contribution < -0.4 is 0 Å². The topological polar surface area (TPSA) is 81.4 Å². The Labute approximate surface area is 92.8 Å². The molecule has 0 aliphatic heterocycles. The summed E-state index contributed by atoms with van der Waals surface area (Å²) in [5.41, 5.74) is -0.971. The molecule has 88 valence electrons. The van der Waals surface area contributed by atoms with Crippen LogP contribution in [0.3, 0.4) is 0 Å². The summed E-state index contributed by atoms with van der Waals surface area (Å²) in [5.74, 6) is -1.53. The third-order valence-corrected chi connectivity index (χ3v) is 2.18. The molecule has 0 bridgehead atoms. The van der Waals surface area contributed by atoms with Gasteiger partial charge in [-0.1, -0.05) is 0 Å². The van der Waals surface area contributed by atoms with Gasteiger partial charge in [0.1, 0.15) is 0 Å². The number of rotatable bonds is 4. The van der Waals surface area contributed by atoms with Gasteiger partial charge in [-0.3, -0.25) is 4.68 Å². The molecule has 0 unspecified atom stereocenters. The number of hydrogen-bond donors (Lipinski definition) is 1. The minimum absolute atomic E-state index is 0.0392. The highest BCUT2D eigenvalue weighted by atomic mass is 16.5. The van der Waals surface area contributed by atoms with Gasteiger partial charge in [0.2, 0.25) is 0 Å². The summed E-state index contributed by atoms with van der Waals surface area (Å²) in [6.07, 6.45) is 2.50. The number of carbonyl (C=O) groups excluding carboxylic acids is 1. The van der Waals surface area contributed by atoms with Crippen molar-refractivity contribution >= 4 is 11.9 Å². The Balaban J connectivity index is 2.97. The Hall–Kier alpha value is -1.85. The van der Waals surface area contributed by atoms with Crippen LogP contribution in [0.2, 0.25) is 0 Å². The van der Waals surface area contributed by atoms with Crippen molar-refractivity contribution in [3.8, 4) is 0 Å². The Morgan fingerprint density at radius 1 is 1.56 bits per heavy atom. The van der Waals surface area contributed by atoms with E-state index < -0.39 is 17.5 Å². The van der Waals surface area contributed by atoms with Crippen molar-refractivity contribution in [3.05, 3.63) is 18.0 Å². The quantitative estimate of drug-likeness (QED) is 0.771. The van der Waals surface area contributed by atoms with Gasteiger partial charge in [-0.25, -0.2) is 9.59 Å². The standard InChI is InChI=1S/C10H14N2O4/c1-4-16-9(15)10(2,3)12-6-7(5-11-12)8(13)14/h5-6H,4H2,1-3H3,(H,13,14). The Morgan fingerprint density at radius 3 is 2.62 bits per heavy atom. The van der Waals surface area contributed by atoms with E-state index in [4.69, 9.17) is 9.84 Å². The first-order chi connectivity index (χ1) is 7.39. The van der Waals surface area contributed by atoms with Gasteiger partial charge in [0.25, 0.3) is 0 Å². The predicted molar refractivity (Wildman–Crippen MR) is 55.1 cm³/mol. The number of esters is 1. The minimum Gasteiger partial charge on any atom is -0.478 e. The zero-order chi connectivity index (χ0) is 12.3. The van der Waals surface area contributed by atoms with Crippen LogP contribution in [0.5, 0.6) is 0 Å². The number of ether oxygens (including phenoxy) is 1. The SMILES string of the molecule is CCOC(=O)C(C)(C)n1cc(C(=O)O)cn1. The summed E-state index contributed by atoms with van der Waals surface area (Å²) < 4.78 is 6.17. The maximum atomic E-state index is 11.6. The van der Waals surface area contributed by atoms with E-state index in [1.807, 2.05) is 0 Å². The highest BCUT2D eigenvalue weighted by molar-refractivity contribution is 5.87. The van der Waals surface area contributed by atoms with Crippen LogP contribution in [-0.2, 0) is 15.1 Å². The minimum atomic E-state index is -1.08. The first-order valence-electron chi connectivity index (χ1n) is 4.85. The molecule has 6 nitrogen and oxygen atoms in total. The van der Waals surface area contributed by atoms with Crippen molar-refractivity contribution in [2.24, 2.45) is 0 Å². The van der Waals surface area contributed by atoms with Crippen molar-refractivity contribution in [2.45, 2.75) is 26.3 Å². The van der Waals surface area contributed by atoms with Gasteiger partial charge in [-0.15, -0.1) is 0 Å². The molecule has 0 aliphatic rings. The van der Waals surface area contributed by atoms with Crippen LogP contribution in [0.4, 0.5) is 0 Å². The zero-order valence-corrected chi connectivity index (χ0v) is 9.43. The molecule has 0 aromatic carbocycles. The van der Waals surface area contributed by atoms with Gasteiger partial charge in [-0.2, -0.15) is 5.10 Å². The zero-order valence-electron chi connectivity index (χ0n) is 9.43. The molecule has 1 aromatic rings. The van der Waals surface area contributed by atoms with Gasteiger partial charge in [-0.05, 0) is 20.8 Å². The third-order valence-electron chi connectivity index (χ3n) is 2.18. The summed E-state index contributed by atoms with van der Waals surface area (Å²) in [7, 11) is 0. The van der Waals surface area contributed by atoms with Crippen molar-refractivity contribution in [2.75, 3.05) is 6.61 Å². The van der Waals surface area contributed by atoms with Crippen LogP contribution in [0.25, 0.3) is 0 Å². The normalized spacial score (nSPS) is 11.2. The fourth-order valence-corrected chi connectivity index (χ4v) is 1.14. The smallest absolute Gasteiger partial charge is 0.338 e. The number of nitrogens with zero attached hydrogens (tertiary/aromatic N) is 2. The average Bonchev–Trinajstić information content (AvgIpc) is 2.67. The molecule has 1 heterocycles. The maximum absolute atomic E-state index is 11.6. The number of aromatic nitrogens is 2. The highest BCUT2D eigenvalue weighted by Crippen LogP contribution is 2.16. The van der Waals surface area contributed by atoms with Crippen LogP contribution >= 0.6 is 0 Å². The molecule has 0 radical (unpaired) electrons. The fourth-order valence-electron chi connectivity index (χ4n) is 1.14. The number of hydrogen-bond acceptors (Lipinski definition) is 4. The summed E-state index contributed by atoms with van der Waals surface area (Å²) in [4.78, 5) is 22.3. The molecule has 1 aromatic heterocycles. The molecule has 1 rings (SSSR count). The van der Waals surface area contributed by atoms with Crippen molar-refractivity contribution in [1.29, 1.82) is 0 Å². The second-order valence-electron chi connectivity index (χ2n) is 3.76. The average molecular weight is 226 g/mol. The van der Waals surface area contributed by atoms with Gasteiger partial charge < -0.3 is 9.84 Å². The van der Waals surface area contributed by atoms with Gasteiger partial charge in [0, 0.05) is 6.20 Å². The second-order valence-corrected chi connectivity index (χ2v) is 3.76. The number of carbonyl (C=O) groups is 2. The number of carboxylic acid groups (broad SMARTS) is 1. The van der Waals surface area contributed by atoms with E-state index >= 15 is 0 Å². The van der Waals surface area contributed by atoms with Gasteiger partial charge in [0.05, 0.1) is 18.4 Å². The Bertz CT molecular complexity index is 409. The monoisotopic (exact) mass is 226 g/mol. The van der Waals surface area contributed by atoms with Crippen molar-refractivity contribution in [3.63, 3.8) is 0 Å². The van der Waals surface area contributed by atoms with Crippen LogP contribution in [0.1, 0.15) is 31.1 Å². The predicted octanol–water partition coefficient (Wildman–Crippen LogP) is 0.879. The molecular weight excluding hydrogens is 212 g/mol. The van der Waals surface area contributed by atoms with E-state index in [9.17, 15) is 9.59 Å². The molecule has 0 aliphatic carbocycles. The number of aromatic carboxylic acids is 1. The Kier molecular flexibility index (Phi) is 3.31. The van der Waals surface area contributed by atoms with E-state index in [-0.39, 0.29) is 12.2 Å². The van der Waals surface area contributed by atoms with E-state index in [1.165, 1.54) is 17.1 Å². The maximum Gasteiger partial charge on any atom is 0.338 e. The van der Waals surface area contributed by atoms with Crippen LogP contribution in [0, 0.1) is 0 Å². The fraction of sp³-hybridized carbons (Fsp3) is 0.500. The highest BCUT2D eigenvalue weighted by Gasteiger charge is 2.32. The summed E-state index contributed by atoms with van der Waals surface area (Å²) in [5, 5.41) is 12.6. The second kappa shape index (κ2) is 4.34. The molecule has 0 amide bonds. The van der Waals surface area contributed by atoms with Crippen LogP contribution in [0.15, 0.2) is 12.4 Å². The Morgan fingerprint density at radius 2 is 2.19 bits per heavy atom. The van der Waals surface area contributed by atoms with Gasteiger partial charge >= 0.3 is 11.9 Å². The molecule has 0 spiro atoms. The van der Waals surface area contributed by atoms with E-state index in [1.54, 1.807) is 20.8 Å².